The fourth-order valence-corrected chi connectivity index (χ4v) is 1.32. The summed E-state index contributed by atoms with van der Waals surface area (Å²) in [5.41, 5.74) is 8.74. The summed E-state index contributed by atoms with van der Waals surface area (Å²) in [7, 11) is 0. The van der Waals surface area contributed by atoms with E-state index in [2.05, 4.69) is 13.8 Å². The molecule has 2 N–H and O–H groups in total. The highest BCUT2D eigenvalue weighted by molar-refractivity contribution is 5.18. The monoisotopic (exact) mass is 125 g/mol. The molecule has 0 aliphatic heterocycles. The number of hydrogen-bond acceptors (Lipinski definition) is 1. The van der Waals surface area contributed by atoms with Gasteiger partial charge in [-0.1, -0.05) is 11.1 Å². The smallest absolute Gasteiger partial charge is 0.0253 e. The van der Waals surface area contributed by atoms with Crippen LogP contribution >= 0.6 is 0 Å². The Kier molecular flexibility index (Phi) is 1.91. The molecule has 1 unspecified atom stereocenters. The van der Waals surface area contributed by atoms with Gasteiger partial charge in [-0.15, -0.1) is 0 Å². The zero-order valence-electron chi connectivity index (χ0n) is 6.28. The molecule has 0 aromatic rings. The molecule has 0 bridgehead atoms. The Bertz CT molecular complexity index is 136. The summed E-state index contributed by atoms with van der Waals surface area (Å²) < 4.78 is 0. The minimum atomic E-state index is 0.360. The second-order valence-electron chi connectivity index (χ2n) is 2.96. The molecule has 0 amide bonds. The average molecular weight is 125 g/mol. The van der Waals surface area contributed by atoms with Crippen molar-refractivity contribution >= 4 is 0 Å². The van der Waals surface area contributed by atoms with Gasteiger partial charge >= 0.3 is 0 Å². The van der Waals surface area contributed by atoms with E-state index in [1.165, 1.54) is 30.4 Å². The van der Waals surface area contributed by atoms with Crippen LogP contribution in [0.15, 0.2) is 11.1 Å². The van der Waals surface area contributed by atoms with Gasteiger partial charge in [0.15, 0.2) is 0 Å². The Morgan fingerprint density at radius 3 is 2.56 bits per heavy atom. The van der Waals surface area contributed by atoms with E-state index in [9.17, 15) is 0 Å². The van der Waals surface area contributed by atoms with Crippen LogP contribution in [0.5, 0.6) is 0 Å². The summed E-state index contributed by atoms with van der Waals surface area (Å²) in [5.74, 6) is 0. The van der Waals surface area contributed by atoms with Crippen molar-refractivity contribution in [3.63, 3.8) is 0 Å². The minimum absolute atomic E-state index is 0.360. The topological polar surface area (TPSA) is 26.0 Å². The second-order valence-corrected chi connectivity index (χ2v) is 2.96. The molecule has 0 aromatic heterocycles. The Balaban J connectivity index is 2.72. The van der Waals surface area contributed by atoms with Gasteiger partial charge in [-0.05, 0) is 33.1 Å². The van der Waals surface area contributed by atoms with E-state index in [1.807, 2.05) is 0 Å². The number of hydrogen-bond donors (Lipinski definition) is 1. The molecule has 0 saturated carbocycles. The van der Waals surface area contributed by atoms with Crippen LogP contribution in [-0.4, -0.2) is 6.04 Å². The SMILES string of the molecule is CC1=C(C)C(N)CCC1. The molecule has 1 atom stereocenters. The Morgan fingerprint density at radius 1 is 1.44 bits per heavy atom. The lowest BCUT2D eigenvalue weighted by Gasteiger charge is -2.20. The fraction of sp³-hybridized carbons (Fsp3) is 0.750. The van der Waals surface area contributed by atoms with Crippen LogP contribution in [0.25, 0.3) is 0 Å². The predicted octanol–water partition coefficient (Wildman–Crippen LogP) is 1.83. The molecule has 1 nitrogen and oxygen atoms in total. The van der Waals surface area contributed by atoms with Gasteiger partial charge in [0.25, 0.3) is 0 Å². The fourth-order valence-electron chi connectivity index (χ4n) is 1.32. The quantitative estimate of drug-likeness (QED) is 0.491. The Labute approximate surface area is 56.9 Å². The molecule has 0 aromatic carbocycles. The average Bonchev–Trinajstić information content (AvgIpc) is 1.83. The van der Waals surface area contributed by atoms with Crippen molar-refractivity contribution in [1.82, 2.24) is 0 Å². The molecule has 1 heteroatoms. The molecule has 1 aliphatic rings. The summed E-state index contributed by atoms with van der Waals surface area (Å²) in [6.07, 6.45) is 3.73. The van der Waals surface area contributed by atoms with Crippen LogP contribution in [-0.2, 0) is 0 Å². The normalized spacial score (nSPS) is 29.0. The van der Waals surface area contributed by atoms with Crippen LogP contribution in [0.2, 0.25) is 0 Å². The summed E-state index contributed by atoms with van der Waals surface area (Å²) in [6, 6.07) is 0.360. The van der Waals surface area contributed by atoms with Crippen molar-refractivity contribution in [2.24, 2.45) is 5.73 Å². The first kappa shape index (κ1) is 6.81. The molecule has 0 heterocycles. The summed E-state index contributed by atoms with van der Waals surface area (Å²) >= 11 is 0. The van der Waals surface area contributed by atoms with E-state index in [4.69, 9.17) is 5.73 Å². The third kappa shape index (κ3) is 1.33. The first-order chi connectivity index (χ1) is 4.22. The molecular formula is C8H15N. The third-order valence-electron chi connectivity index (χ3n) is 2.30. The first-order valence-electron chi connectivity index (χ1n) is 3.63. The van der Waals surface area contributed by atoms with Crippen LogP contribution in [0.4, 0.5) is 0 Å². The predicted molar refractivity (Wildman–Crippen MR) is 40.2 cm³/mol. The number of allylic oxidation sites excluding steroid dienone is 1. The van der Waals surface area contributed by atoms with Crippen LogP contribution in [0.3, 0.4) is 0 Å². The van der Waals surface area contributed by atoms with Crippen molar-refractivity contribution in [1.29, 1.82) is 0 Å². The molecule has 1 aliphatic carbocycles. The zero-order chi connectivity index (χ0) is 6.85. The maximum Gasteiger partial charge on any atom is 0.0253 e. The van der Waals surface area contributed by atoms with Crippen molar-refractivity contribution in [2.45, 2.75) is 39.2 Å². The highest BCUT2D eigenvalue weighted by Crippen LogP contribution is 2.22. The van der Waals surface area contributed by atoms with E-state index in [0.29, 0.717) is 6.04 Å². The minimum Gasteiger partial charge on any atom is -0.324 e. The molecule has 9 heavy (non-hydrogen) atoms. The molecule has 0 fully saturated rings. The third-order valence-corrected chi connectivity index (χ3v) is 2.30. The maximum absolute atomic E-state index is 5.81. The standard InChI is InChI=1S/C8H15N/c1-6-4-3-5-8(9)7(6)2/h8H,3-5,9H2,1-2H3. The van der Waals surface area contributed by atoms with Gasteiger partial charge < -0.3 is 5.73 Å². The number of rotatable bonds is 0. The highest BCUT2D eigenvalue weighted by Gasteiger charge is 2.12. The van der Waals surface area contributed by atoms with Crippen molar-refractivity contribution < 1.29 is 0 Å². The van der Waals surface area contributed by atoms with Gasteiger partial charge in [0.1, 0.15) is 0 Å². The maximum atomic E-state index is 5.81. The molecule has 52 valence electrons. The van der Waals surface area contributed by atoms with Crippen molar-refractivity contribution in [3.05, 3.63) is 11.1 Å². The lowest BCUT2D eigenvalue weighted by molar-refractivity contribution is 0.594. The van der Waals surface area contributed by atoms with Crippen LogP contribution < -0.4 is 5.73 Å². The van der Waals surface area contributed by atoms with Crippen LogP contribution in [0.1, 0.15) is 33.1 Å². The summed E-state index contributed by atoms with van der Waals surface area (Å²) in [4.78, 5) is 0. The van der Waals surface area contributed by atoms with Gasteiger partial charge in [-0.2, -0.15) is 0 Å². The summed E-state index contributed by atoms with van der Waals surface area (Å²) in [5, 5.41) is 0. The summed E-state index contributed by atoms with van der Waals surface area (Å²) in [6.45, 7) is 4.34. The lowest BCUT2D eigenvalue weighted by Crippen LogP contribution is -2.24. The van der Waals surface area contributed by atoms with E-state index in [1.54, 1.807) is 0 Å². The van der Waals surface area contributed by atoms with Crippen LogP contribution in [0, 0.1) is 0 Å². The Hall–Kier alpha value is -0.300. The molecule has 1 rings (SSSR count). The molecular weight excluding hydrogens is 110 g/mol. The highest BCUT2D eigenvalue weighted by atomic mass is 14.6. The van der Waals surface area contributed by atoms with E-state index >= 15 is 0 Å². The second kappa shape index (κ2) is 2.53. The van der Waals surface area contributed by atoms with Crippen molar-refractivity contribution in [2.75, 3.05) is 0 Å². The van der Waals surface area contributed by atoms with E-state index in [0.717, 1.165) is 0 Å². The molecule has 0 saturated heterocycles. The molecule has 0 spiro atoms. The van der Waals surface area contributed by atoms with Gasteiger partial charge in [-0.3, -0.25) is 0 Å². The largest absolute Gasteiger partial charge is 0.324 e. The molecule has 0 radical (unpaired) electrons. The van der Waals surface area contributed by atoms with E-state index < -0.39 is 0 Å². The Morgan fingerprint density at radius 2 is 2.11 bits per heavy atom. The lowest BCUT2D eigenvalue weighted by atomic mass is 9.90. The van der Waals surface area contributed by atoms with Crippen molar-refractivity contribution in [3.8, 4) is 0 Å². The van der Waals surface area contributed by atoms with E-state index in [-0.39, 0.29) is 0 Å². The van der Waals surface area contributed by atoms with Gasteiger partial charge in [0.05, 0.1) is 0 Å². The zero-order valence-corrected chi connectivity index (χ0v) is 6.28. The van der Waals surface area contributed by atoms with Gasteiger partial charge in [0.2, 0.25) is 0 Å². The van der Waals surface area contributed by atoms with Gasteiger partial charge in [-0.25, -0.2) is 0 Å². The number of nitrogens with two attached hydrogens (primary N) is 1. The first-order valence-corrected chi connectivity index (χ1v) is 3.63. The van der Waals surface area contributed by atoms with Gasteiger partial charge in [0, 0.05) is 6.04 Å².